The zero-order chi connectivity index (χ0) is 19.2. The lowest BCUT2D eigenvalue weighted by molar-refractivity contribution is -0.118. The van der Waals surface area contributed by atoms with Crippen molar-refractivity contribution in [3.05, 3.63) is 53.6 Å². The Bertz CT molecular complexity index is 783. The van der Waals surface area contributed by atoms with Gasteiger partial charge in [-0.15, -0.1) is 0 Å². The maximum absolute atomic E-state index is 12.5. The van der Waals surface area contributed by atoms with Crippen LogP contribution in [0.5, 0.6) is 5.75 Å². The number of morpholine rings is 1. The molecule has 5 heteroatoms. The minimum Gasteiger partial charge on any atom is -0.483 e. The maximum atomic E-state index is 12.5. The van der Waals surface area contributed by atoms with E-state index in [9.17, 15) is 4.79 Å². The summed E-state index contributed by atoms with van der Waals surface area (Å²) in [6.07, 6.45) is 0. The molecule has 5 nitrogen and oxygen atoms in total. The monoisotopic (exact) mass is 368 g/mol. The zero-order valence-corrected chi connectivity index (χ0v) is 16.3. The van der Waals surface area contributed by atoms with Gasteiger partial charge in [0.1, 0.15) is 5.75 Å². The zero-order valence-electron chi connectivity index (χ0n) is 16.3. The number of para-hydroxylation sites is 2. The molecule has 144 valence electrons. The number of aryl methyl sites for hydroxylation is 1. The number of rotatable bonds is 6. The van der Waals surface area contributed by atoms with Gasteiger partial charge in [0.2, 0.25) is 0 Å². The molecule has 1 N–H and O–H groups in total. The van der Waals surface area contributed by atoms with Gasteiger partial charge in [-0.2, -0.15) is 0 Å². The first-order valence-corrected chi connectivity index (χ1v) is 9.49. The molecule has 0 bridgehead atoms. The number of benzene rings is 2. The molecular weight excluding hydrogens is 340 g/mol. The van der Waals surface area contributed by atoms with E-state index >= 15 is 0 Å². The van der Waals surface area contributed by atoms with Gasteiger partial charge in [0.25, 0.3) is 5.91 Å². The third kappa shape index (κ3) is 5.01. The largest absolute Gasteiger partial charge is 0.483 e. The summed E-state index contributed by atoms with van der Waals surface area (Å²) < 4.78 is 11.3. The Labute approximate surface area is 161 Å². The average molecular weight is 368 g/mol. The van der Waals surface area contributed by atoms with Crippen molar-refractivity contribution in [3.8, 4) is 5.75 Å². The molecule has 0 aromatic heterocycles. The minimum atomic E-state index is -0.160. The molecule has 1 fully saturated rings. The fraction of sp³-hybridized carbons (Fsp3) is 0.409. The van der Waals surface area contributed by atoms with Crippen LogP contribution < -0.4 is 15.0 Å². The molecule has 1 heterocycles. The van der Waals surface area contributed by atoms with Crippen LogP contribution in [0.3, 0.4) is 0 Å². The second-order valence-electron chi connectivity index (χ2n) is 7.15. The van der Waals surface area contributed by atoms with Crippen LogP contribution in [0.15, 0.2) is 42.5 Å². The summed E-state index contributed by atoms with van der Waals surface area (Å²) in [6.45, 7) is 9.31. The summed E-state index contributed by atoms with van der Waals surface area (Å²) in [6, 6.07) is 14.0. The molecule has 0 atom stereocenters. The molecule has 2 aromatic carbocycles. The highest BCUT2D eigenvalue weighted by atomic mass is 16.5. The maximum Gasteiger partial charge on any atom is 0.262 e. The number of carbonyl (C=O) groups is 1. The van der Waals surface area contributed by atoms with Gasteiger partial charge in [0, 0.05) is 13.1 Å². The van der Waals surface area contributed by atoms with Crippen molar-refractivity contribution in [1.82, 2.24) is 0 Å². The predicted octanol–water partition coefficient (Wildman–Crippen LogP) is 3.97. The first-order valence-electron chi connectivity index (χ1n) is 9.49. The van der Waals surface area contributed by atoms with Gasteiger partial charge >= 0.3 is 0 Å². The van der Waals surface area contributed by atoms with E-state index in [0.29, 0.717) is 19.1 Å². The van der Waals surface area contributed by atoms with Gasteiger partial charge in [-0.05, 0) is 42.2 Å². The smallest absolute Gasteiger partial charge is 0.262 e. The third-order valence-corrected chi connectivity index (χ3v) is 4.68. The Balaban J connectivity index is 1.66. The lowest BCUT2D eigenvalue weighted by Gasteiger charge is -2.30. The van der Waals surface area contributed by atoms with E-state index in [-0.39, 0.29) is 12.5 Å². The molecular formula is C22H28N2O3. The Hall–Kier alpha value is -2.53. The standard InChI is InChI=1S/C22H28N2O3/c1-16(2)18-9-8-17(3)14-21(18)27-15-22(25)23-19-6-4-5-7-20(19)24-10-12-26-13-11-24/h4-9,14,16H,10-13,15H2,1-3H3,(H,23,25). The molecule has 1 aliphatic heterocycles. The Morgan fingerprint density at radius 3 is 2.67 bits per heavy atom. The number of amides is 1. The molecule has 0 spiro atoms. The molecule has 1 aliphatic rings. The fourth-order valence-corrected chi connectivity index (χ4v) is 3.23. The predicted molar refractivity (Wildman–Crippen MR) is 109 cm³/mol. The summed E-state index contributed by atoms with van der Waals surface area (Å²) >= 11 is 0. The first kappa shape index (κ1) is 19.2. The van der Waals surface area contributed by atoms with Crippen LogP contribution in [-0.2, 0) is 9.53 Å². The average Bonchev–Trinajstić information content (AvgIpc) is 2.67. The fourth-order valence-electron chi connectivity index (χ4n) is 3.23. The summed E-state index contributed by atoms with van der Waals surface area (Å²) in [7, 11) is 0. The van der Waals surface area contributed by atoms with Crippen LogP contribution in [0.2, 0.25) is 0 Å². The van der Waals surface area contributed by atoms with Crippen molar-refractivity contribution >= 4 is 17.3 Å². The number of nitrogens with zero attached hydrogens (tertiary/aromatic N) is 1. The van der Waals surface area contributed by atoms with Crippen LogP contribution in [-0.4, -0.2) is 38.8 Å². The van der Waals surface area contributed by atoms with Crippen LogP contribution >= 0.6 is 0 Å². The second-order valence-corrected chi connectivity index (χ2v) is 7.15. The third-order valence-electron chi connectivity index (χ3n) is 4.68. The number of nitrogens with one attached hydrogen (secondary N) is 1. The second kappa shape index (κ2) is 8.91. The number of hydrogen-bond donors (Lipinski definition) is 1. The Morgan fingerprint density at radius 1 is 1.19 bits per heavy atom. The molecule has 0 unspecified atom stereocenters. The van der Waals surface area contributed by atoms with E-state index in [1.165, 1.54) is 0 Å². The lowest BCUT2D eigenvalue weighted by Crippen LogP contribution is -2.37. The van der Waals surface area contributed by atoms with Crippen LogP contribution in [0.4, 0.5) is 11.4 Å². The van der Waals surface area contributed by atoms with E-state index in [1.54, 1.807) is 0 Å². The number of hydrogen-bond acceptors (Lipinski definition) is 4. The van der Waals surface area contributed by atoms with Crippen LogP contribution in [0, 0.1) is 6.92 Å². The lowest BCUT2D eigenvalue weighted by atomic mass is 10.0. The van der Waals surface area contributed by atoms with E-state index in [0.717, 1.165) is 41.3 Å². The number of anilines is 2. The topological polar surface area (TPSA) is 50.8 Å². The Morgan fingerprint density at radius 2 is 1.93 bits per heavy atom. The van der Waals surface area contributed by atoms with Crippen LogP contribution in [0.1, 0.15) is 30.9 Å². The molecule has 0 radical (unpaired) electrons. The summed E-state index contributed by atoms with van der Waals surface area (Å²) in [5, 5.41) is 2.99. The molecule has 3 rings (SSSR count). The molecule has 2 aromatic rings. The van der Waals surface area contributed by atoms with Crippen molar-refractivity contribution in [1.29, 1.82) is 0 Å². The SMILES string of the molecule is Cc1ccc(C(C)C)c(OCC(=O)Nc2ccccc2N2CCOCC2)c1. The van der Waals surface area contributed by atoms with Gasteiger partial charge in [0.05, 0.1) is 24.6 Å². The normalized spacial score (nSPS) is 14.3. The van der Waals surface area contributed by atoms with Crippen LogP contribution in [0.25, 0.3) is 0 Å². The van der Waals surface area contributed by atoms with Gasteiger partial charge < -0.3 is 19.7 Å². The highest BCUT2D eigenvalue weighted by Crippen LogP contribution is 2.28. The summed E-state index contributed by atoms with van der Waals surface area (Å²) in [4.78, 5) is 14.7. The van der Waals surface area contributed by atoms with Gasteiger partial charge in [0.15, 0.2) is 6.61 Å². The van der Waals surface area contributed by atoms with Crippen molar-refractivity contribution in [2.75, 3.05) is 43.1 Å². The van der Waals surface area contributed by atoms with Crippen molar-refractivity contribution in [2.45, 2.75) is 26.7 Å². The van der Waals surface area contributed by atoms with Gasteiger partial charge in [-0.3, -0.25) is 4.79 Å². The van der Waals surface area contributed by atoms with E-state index in [1.807, 2.05) is 37.3 Å². The molecule has 1 saturated heterocycles. The number of carbonyl (C=O) groups excluding carboxylic acids is 1. The Kier molecular flexibility index (Phi) is 6.35. The first-order chi connectivity index (χ1) is 13.0. The quantitative estimate of drug-likeness (QED) is 0.838. The van der Waals surface area contributed by atoms with E-state index < -0.39 is 0 Å². The summed E-state index contributed by atoms with van der Waals surface area (Å²) in [5.74, 6) is 0.958. The van der Waals surface area contributed by atoms with Gasteiger partial charge in [-0.1, -0.05) is 38.1 Å². The minimum absolute atomic E-state index is 0.0133. The highest BCUT2D eigenvalue weighted by Gasteiger charge is 2.16. The molecule has 1 amide bonds. The van der Waals surface area contributed by atoms with Crippen molar-refractivity contribution in [2.24, 2.45) is 0 Å². The molecule has 0 aliphatic carbocycles. The highest BCUT2D eigenvalue weighted by molar-refractivity contribution is 5.95. The van der Waals surface area contributed by atoms with Crippen molar-refractivity contribution < 1.29 is 14.3 Å². The summed E-state index contributed by atoms with van der Waals surface area (Å²) in [5.41, 5.74) is 4.06. The van der Waals surface area contributed by atoms with Crippen molar-refractivity contribution in [3.63, 3.8) is 0 Å². The van der Waals surface area contributed by atoms with E-state index in [4.69, 9.17) is 9.47 Å². The van der Waals surface area contributed by atoms with E-state index in [2.05, 4.69) is 36.2 Å². The molecule has 0 saturated carbocycles. The molecule has 27 heavy (non-hydrogen) atoms. The number of ether oxygens (including phenoxy) is 2. The van der Waals surface area contributed by atoms with Gasteiger partial charge in [-0.25, -0.2) is 0 Å².